The van der Waals surface area contributed by atoms with Gasteiger partial charge in [0.25, 0.3) is 0 Å². The molecule has 1 amide bonds. The van der Waals surface area contributed by atoms with Gasteiger partial charge in [-0.25, -0.2) is 0 Å². The summed E-state index contributed by atoms with van der Waals surface area (Å²) in [4.78, 5) is 42.6. The van der Waals surface area contributed by atoms with E-state index in [1.54, 1.807) is 0 Å². The van der Waals surface area contributed by atoms with E-state index < -0.39 is 0 Å². The molecule has 0 aromatic heterocycles. The minimum absolute atomic E-state index is 0.0590. The first-order chi connectivity index (χ1) is 25.4. The van der Waals surface area contributed by atoms with Gasteiger partial charge in [-0.3, -0.25) is 14.4 Å². The molecule has 0 heterocycles. The fraction of sp³-hybridized carbons (Fsp3) is 0.844. The van der Waals surface area contributed by atoms with E-state index in [1.165, 1.54) is 77.0 Å². The molecule has 7 heteroatoms. The summed E-state index contributed by atoms with van der Waals surface area (Å²) in [6, 6.07) is 0. The molecule has 0 saturated heterocycles. The monoisotopic (exact) mass is 733 g/mol. The standard InChI is InChI=1S/C45H84N2O5/c1-6-11-14-16-18-19-20-21-22-23-24-25-26-28-30-34-43(48)47(37-31-36-46(9-4)10-5)38-35-44(49)51-39-40-52-45(50)41-42(32-13-8-3)33-29-27-17-15-12-7-2/h18-19,21-22,42H,6-17,20,23-41H2,1-5H3/b19-18-,22-21-. The normalized spacial score (nSPS) is 12.3. The molecule has 304 valence electrons. The van der Waals surface area contributed by atoms with Crippen LogP contribution in [0.25, 0.3) is 0 Å². The van der Waals surface area contributed by atoms with Crippen LogP contribution >= 0.6 is 0 Å². The van der Waals surface area contributed by atoms with Crippen LogP contribution in [0.4, 0.5) is 0 Å². The number of hydrogen-bond donors (Lipinski definition) is 0. The van der Waals surface area contributed by atoms with Crippen molar-refractivity contribution in [2.75, 3.05) is 45.9 Å². The SMILES string of the molecule is CCCCC/C=C\C/C=C\CCCCCCCC(=O)N(CCCN(CC)CC)CCC(=O)OCCOC(=O)CC(CCCC)CCCCCCCC. The van der Waals surface area contributed by atoms with Gasteiger partial charge in [-0.05, 0) is 83.3 Å². The van der Waals surface area contributed by atoms with Crippen LogP contribution in [0.5, 0.6) is 0 Å². The Balaban J connectivity index is 4.46. The van der Waals surface area contributed by atoms with Crippen molar-refractivity contribution in [2.24, 2.45) is 5.92 Å². The van der Waals surface area contributed by atoms with Crippen molar-refractivity contribution in [3.8, 4) is 0 Å². The molecule has 0 aliphatic rings. The van der Waals surface area contributed by atoms with Gasteiger partial charge in [0.05, 0.1) is 6.42 Å². The van der Waals surface area contributed by atoms with E-state index in [1.807, 2.05) is 4.90 Å². The van der Waals surface area contributed by atoms with Crippen molar-refractivity contribution < 1.29 is 23.9 Å². The number of amides is 1. The molecule has 52 heavy (non-hydrogen) atoms. The Labute approximate surface area is 322 Å². The van der Waals surface area contributed by atoms with Crippen LogP contribution in [0, 0.1) is 5.92 Å². The molecule has 0 aliphatic carbocycles. The van der Waals surface area contributed by atoms with Crippen LogP contribution in [0.15, 0.2) is 24.3 Å². The molecule has 0 radical (unpaired) electrons. The first-order valence-electron chi connectivity index (χ1n) is 22.0. The largest absolute Gasteiger partial charge is 0.462 e. The molecule has 0 saturated carbocycles. The Morgan fingerprint density at radius 3 is 1.71 bits per heavy atom. The van der Waals surface area contributed by atoms with E-state index in [0.717, 1.165) is 83.8 Å². The highest BCUT2D eigenvalue weighted by Gasteiger charge is 2.17. The van der Waals surface area contributed by atoms with E-state index in [-0.39, 0.29) is 37.5 Å². The summed E-state index contributed by atoms with van der Waals surface area (Å²) in [6.07, 6.45) is 35.9. The molecule has 0 aromatic rings. The number of allylic oxidation sites excluding steroid dienone is 4. The van der Waals surface area contributed by atoms with Crippen LogP contribution in [0.2, 0.25) is 0 Å². The lowest BCUT2D eigenvalue weighted by molar-refractivity contribution is -0.153. The van der Waals surface area contributed by atoms with Crippen LogP contribution in [0.1, 0.15) is 195 Å². The number of unbranched alkanes of at least 4 members (excludes halogenated alkanes) is 14. The lowest BCUT2D eigenvalue weighted by Crippen LogP contribution is -2.36. The Hall–Kier alpha value is -2.15. The molecular formula is C45H84N2O5. The van der Waals surface area contributed by atoms with Crippen LogP contribution in [0.3, 0.4) is 0 Å². The predicted molar refractivity (Wildman–Crippen MR) is 221 cm³/mol. The van der Waals surface area contributed by atoms with E-state index >= 15 is 0 Å². The summed E-state index contributed by atoms with van der Waals surface area (Å²) in [5.41, 5.74) is 0. The summed E-state index contributed by atoms with van der Waals surface area (Å²) < 4.78 is 10.9. The second-order valence-corrected chi connectivity index (χ2v) is 14.7. The molecule has 1 unspecified atom stereocenters. The first-order valence-corrected chi connectivity index (χ1v) is 22.0. The third-order valence-corrected chi connectivity index (χ3v) is 10.1. The minimum Gasteiger partial charge on any atom is -0.462 e. The molecule has 0 aromatic carbocycles. The van der Waals surface area contributed by atoms with Crippen molar-refractivity contribution in [1.82, 2.24) is 9.80 Å². The number of carbonyl (C=O) groups is 3. The van der Waals surface area contributed by atoms with Gasteiger partial charge in [-0.15, -0.1) is 0 Å². The van der Waals surface area contributed by atoms with Crippen LogP contribution < -0.4 is 0 Å². The number of esters is 2. The third kappa shape index (κ3) is 32.5. The second kappa shape index (κ2) is 38.6. The van der Waals surface area contributed by atoms with E-state index in [9.17, 15) is 14.4 Å². The maximum Gasteiger partial charge on any atom is 0.307 e. The number of ether oxygens (including phenoxy) is 2. The summed E-state index contributed by atoms with van der Waals surface area (Å²) in [5.74, 6) is -0.0400. The average Bonchev–Trinajstić information content (AvgIpc) is 3.14. The summed E-state index contributed by atoms with van der Waals surface area (Å²) in [7, 11) is 0. The van der Waals surface area contributed by atoms with Crippen molar-refractivity contribution in [1.29, 1.82) is 0 Å². The summed E-state index contributed by atoms with van der Waals surface area (Å²) in [5, 5.41) is 0. The number of rotatable bonds is 38. The molecule has 0 fully saturated rings. The van der Waals surface area contributed by atoms with Gasteiger partial charge in [-0.2, -0.15) is 0 Å². The van der Waals surface area contributed by atoms with Gasteiger partial charge in [0, 0.05) is 25.9 Å². The predicted octanol–water partition coefficient (Wildman–Crippen LogP) is 11.8. The topological polar surface area (TPSA) is 76.2 Å². The molecule has 0 N–H and O–H groups in total. The molecule has 1 atom stereocenters. The molecule has 7 nitrogen and oxygen atoms in total. The van der Waals surface area contributed by atoms with Gasteiger partial charge in [-0.1, -0.05) is 142 Å². The quantitative estimate of drug-likeness (QED) is 0.0357. The zero-order valence-electron chi connectivity index (χ0n) is 34.9. The molecule has 0 spiro atoms. The lowest BCUT2D eigenvalue weighted by atomic mass is 9.92. The summed E-state index contributed by atoms with van der Waals surface area (Å²) >= 11 is 0. The molecule has 0 bridgehead atoms. The Bertz CT molecular complexity index is 885. The van der Waals surface area contributed by atoms with Crippen molar-refractivity contribution in [3.63, 3.8) is 0 Å². The molecular weight excluding hydrogens is 649 g/mol. The van der Waals surface area contributed by atoms with Crippen LogP contribution in [-0.2, 0) is 23.9 Å². The highest BCUT2D eigenvalue weighted by atomic mass is 16.6. The van der Waals surface area contributed by atoms with Crippen molar-refractivity contribution in [3.05, 3.63) is 24.3 Å². The minimum atomic E-state index is -0.349. The summed E-state index contributed by atoms with van der Waals surface area (Å²) in [6.45, 7) is 15.1. The van der Waals surface area contributed by atoms with E-state index in [0.29, 0.717) is 31.8 Å². The zero-order chi connectivity index (χ0) is 38.3. The van der Waals surface area contributed by atoms with Gasteiger partial charge in [0.15, 0.2) is 0 Å². The fourth-order valence-corrected chi connectivity index (χ4v) is 6.59. The van der Waals surface area contributed by atoms with E-state index in [4.69, 9.17) is 9.47 Å². The number of hydrogen-bond acceptors (Lipinski definition) is 6. The van der Waals surface area contributed by atoms with E-state index in [2.05, 4.69) is 63.8 Å². The van der Waals surface area contributed by atoms with Crippen molar-refractivity contribution >= 4 is 17.8 Å². The fourth-order valence-electron chi connectivity index (χ4n) is 6.59. The van der Waals surface area contributed by atoms with Gasteiger partial charge in [0.1, 0.15) is 13.2 Å². The Morgan fingerprint density at radius 2 is 1.06 bits per heavy atom. The van der Waals surface area contributed by atoms with Gasteiger partial charge < -0.3 is 19.3 Å². The van der Waals surface area contributed by atoms with Gasteiger partial charge in [0.2, 0.25) is 5.91 Å². The Morgan fingerprint density at radius 1 is 0.519 bits per heavy atom. The van der Waals surface area contributed by atoms with Crippen molar-refractivity contribution in [2.45, 2.75) is 195 Å². The zero-order valence-corrected chi connectivity index (χ0v) is 34.9. The highest BCUT2D eigenvalue weighted by molar-refractivity contribution is 5.77. The maximum absolute atomic E-state index is 13.2. The average molecular weight is 733 g/mol. The molecule has 0 rings (SSSR count). The number of nitrogens with zero attached hydrogens (tertiary/aromatic N) is 2. The second-order valence-electron chi connectivity index (χ2n) is 14.7. The molecule has 0 aliphatic heterocycles. The van der Waals surface area contributed by atoms with Crippen LogP contribution in [-0.4, -0.2) is 73.6 Å². The van der Waals surface area contributed by atoms with Gasteiger partial charge >= 0.3 is 11.9 Å². The Kier molecular flexibility index (Phi) is 37.0. The maximum atomic E-state index is 13.2. The third-order valence-electron chi connectivity index (χ3n) is 10.1. The number of carbonyl (C=O) groups excluding carboxylic acids is 3. The first kappa shape index (κ1) is 49.9. The smallest absolute Gasteiger partial charge is 0.307 e. The highest BCUT2D eigenvalue weighted by Crippen LogP contribution is 2.22. The lowest BCUT2D eigenvalue weighted by Gasteiger charge is -2.25.